The van der Waals surface area contributed by atoms with Crippen molar-refractivity contribution in [1.82, 2.24) is 20.0 Å². The number of thioether (sulfide) groups is 1. The molecule has 1 N–H and O–H groups in total. The topological polar surface area (TPSA) is 72.2 Å². The maximum Gasteiger partial charge on any atom is 0.250 e. The van der Waals surface area contributed by atoms with Crippen LogP contribution in [0.15, 0.2) is 64.9 Å². The third-order valence-electron chi connectivity index (χ3n) is 5.21. The number of aromatic nitrogens is 3. The molecule has 0 radical (unpaired) electrons. The van der Waals surface area contributed by atoms with Crippen molar-refractivity contribution in [3.8, 4) is 0 Å². The molecule has 0 aliphatic rings. The van der Waals surface area contributed by atoms with Crippen molar-refractivity contribution in [2.45, 2.75) is 32.5 Å². The molecule has 0 aliphatic carbocycles. The molecule has 4 rings (SSSR count). The molecule has 6 nitrogen and oxygen atoms in total. The summed E-state index contributed by atoms with van der Waals surface area (Å²) in [5.74, 6) is -0.0149. The first-order valence-corrected chi connectivity index (χ1v) is 11.9. The normalized spacial score (nSPS) is 11.4. The molecule has 2 aromatic carbocycles. The summed E-state index contributed by atoms with van der Waals surface area (Å²) >= 11 is 7.33. The zero-order chi connectivity index (χ0) is 23.4. The predicted molar refractivity (Wildman–Crippen MR) is 135 cm³/mol. The van der Waals surface area contributed by atoms with E-state index in [-0.39, 0.29) is 11.7 Å². The Morgan fingerprint density at radius 2 is 1.79 bits per heavy atom. The van der Waals surface area contributed by atoms with E-state index in [0.29, 0.717) is 5.16 Å². The summed E-state index contributed by atoms with van der Waals surface area (Å²) in [6, 6.07) is 17.9. The Hall–Kier alpha value is -3.16. The minimum Gasteiger partial charge on any atom is -0.340 e. The van der Waals surface area contributed by atoms with Crippen LogP contribution in [0.1, 0.15) is 28.2 Å². The Morgan fingerprint density at radius 3 is 2.52 bits per heavy atom. The van der Waals surface area contributed by atoms with Crippen molar-refractivity contribution in [3.05, 3.63) is 87.8 Å². The quantitative estimate of drug-likeness (QED) is 0.170. The van der Waals surface area contributed by atoms with E-state index in [1.165, 1.54) is 11.8 Å². The fourth-order valence-electron chi connectivity index (χ4n) is 3.69. The fourth-order valence-corrected chi connectivity index (χ4v) is 4.55. The van der Waals surface area contributed by atoms with Crippen LogP contribution in [0.5, 0.6) is 0 Å². The number of hydrogen-bond acceptors (Lipinski definition) is 5. The molecule has 0 saturated heterocycles. The number of hydrogen-bond donors (Lipinski definition) is 1. The van der Waals surface area contributed by atoms with E-state index >= 15 is 0 Å². The number of carbonyl (C=O) groups excluding carboxylic acids is 1. The van der Waals surface area contributed by atoms with Crippen molar-refractivity contribution >= 4 is 46.4 Å². The van der Waals surface area contributed by atoms with Gasteiger partial charge in [-0.15, -0.1) is 0 Å². The van der Waals surface area contributed by atoms with Gasteiger partial charge in [-0.1, -0.05) is 53.7 Å². The number of benzene rings is 2. The van der Waals surface area contributed by atoms with E-state index in [1.807, 2.05) is 56.3 Å². The largest absolute Gasteiger partial charge is 0.340 e. The number of rotatable bonds is 7. The van der Waals surface area contributed by atoms with Crippen LogP contribution in [0.4, 0.5) is 0 Å². The van der Waals surface area contributed by atoms with E-state index in [2.05, 4.69) is 44.1 Å². The summed E-state index contributed by atoms with van der Waals surface area (Å²) in [4.78, 5) is 21.0. The van der Waals surface area contributed by atoms with E-state index < -0.39 is 0 Å². The van der Waals surface area contributed by atoms with Crippen LogP contribution in [-0.4, -0.2) is 32.4 Å². The molecule has 0 atom stereocenters. The molecule has 4 aromatic rings. The highest BCUT2D eigenvalue weighted by Gasteiger charge is 2.13. The number of nitrogens with one attached hydrogen (secondary N) is 1. The first-order chi connectivity index (χ1) is 15.9. The van der Waals surface area contributed by atoms with Crippen molar-refractivity contribution in [3.63, 3.8) is 0 Å². The highest BCUT2D eigenvalue weighted by atomic mass is 35.5. The second-order valence-corrected chi connectivity index (χ2v) is 9.12. The molecule has 0 spiro atoms. The van der Waals surface area contributed by atoms with Gasteiger partial charge in [0, 0.05) is 45.1 Å². The monoisotopic (exact) mass is 477 g/mol. The lowest BCUT2D eigenvalue weighted by Gasteiger charge is -2.09. The molecule has 2 heterocycles. The molecular weight excluding hydrogens is 454 g/mol. The minimum atomic E-state index is -0.207. The Kier molecular flexibility index (Phi) is 7.11. The van der Waals surface area contributed by atoms with Gasteiger partial charge in [0.25, 0.3) is 5.91 Å². The summed E-state index contributed by atoms with van der Waals surface area (Å²) in [6.07, 6.45) is 1.71. The number of hydrazone groups is 1. The minimum absolute atomic E-state index is 0.192. The molecular formula is C25H24ClN5OS. The first-order valence-electron chi connectivity index (χ1n) is 10.5. The van der Waals surface area contributed by atoms with Crippen molar-refractivity contribution in [1.29, 1.82) is 0 Å². The van der Waals surface area contributed by atoms with Crippen LogP contribution in [0.25, 0.3) is 10.9 Å². The highest BCUT2D eigenvalue weighted by Crippen LogP contribution is 2.26. The molecule has 33 heavy (non-hydrogen) atoms. The number of nitrogens with zero attached hydrogens (tertiary/aromatic N) is 4. The maximum absolute atomic E-state index is 12.3. The Bertz CT molecular complexity index is 1310. The lowest BCUT2D eigenvalue weighted by atomic mass is 10.1. The van der Waals surface area contributed by atoms with Gasteiger partial charge in [0.1, 0.15) is 0 Å². The molecule has 0 unspecified atom stereocenters. The maximum atomic E-state index is 12.3. The fraction of sp³-hybridized carbons (Fsp3) is 0.200. The van der Waals surface area contributed by atoms with Gasteiger partial charge >= 0.3 is 0 Å². The molecule has 0 bridgehead atoms. The third-order valence-corrected chi connectivity index (χ3v) is 6.31. The molecule has 0 saturated carbocycles. The van der Waals surface area contributed by atoms with Gasteiger partial charge in [0.15, 0.2) is 5.16 Å². The smallest absolute Gasteiger partial charge is 0.250 e. The number of fused-ring (bicyclic) bond motifs is 1. The standard InChI is InChI=1S/C25H24ClN5OS/c1-16-12-17(2)29-25(28-16)33-15-24(32)30-27-13-22-18(3)31(23-7-5-4-6-21(22)23)14-19-8-10-20(26)11-9-19/h4-13H,14-15H2,1-3H3,(H,30,32)/b27-13-. The van der Waals surface area contributed by atoms with Crippen molar-refractivity contribution < 1.29 is 4.79 Å². The summed E-state index contributed by atoms with van der Waals surface area (Å²) in [6.45, 7) is 6.60. The summed E-state index contributed by atoms with van der Waals surface area (Å²) < 4.78 is 2.25. The van der Waals surface area contributed by atoms with Crippen LogP contribution in [-0.2, 0) is 11.3 Å². The zero-order valence-corrected chi connectivity index (χ0v) is 20.2. The number of carbonyl (C=O) groups is 1. The van der Waals surface area contributed by atoms with Gasteiger partial charge in [-0.2, -0.15) is 5.10 Å². The van der Waals surface area contributed by atoms with Gasteiger partial charge in [0.05, 0.1) is 12.0 Å². The number of para-hydroxylation sites is 1. The van der Waals surface area contributed by atoms with Crippen molar-refractivity contribution in [2.75, 3.05) is 5.75 Å². The molecule has 0 fully saturated rings. The molecule has 0 aliphatic heterocycles. The molecule has 168 valence electrons. The lowest BCUT2D eigenvalue weighted by molar-refractivity contribution is -0.118. The van der Waals surface area contributed by atoms with Gasteiger partial charge in [-0.05, 0) is 50.6 Å². The van der Waals surface area contributed by atoms with Gasteiger partial charge in [-0.25, -0.2) is 15.4 Å². The Morgan fingerprint density at radius 1 is 1.09 bits per heavy atom. The van der Waals surface area contributed by atoms with Gasteiger partial charge < -0.3 is 4.57 Å². The number of halogens is 1. The summed E-state index contributed by atoms with van der Waals surface area (Å²) in [5.41, 5.74) is 8.70. The van der Waals surface area contributed by atoms with E-state index in [1.54, 1.807) is 6.21 Å². The Labute approximate surface area is 202 Å². The second kappa shape index (κ2) is 10.2. The van der Waals surface area contributed by atoms with Gasteiger partial charge in [0.2, 0.25) is 0 Å². The van der Waals surface area contributed by atoms with Crippen molar-refractivity contribution in [2.24, 2.45) is 5.10 Å². The van der Waals surface area contributed by atoms with Gasteiger partial charge in [-0.3, -0.25) is 4.79 Å². The first kappa shape index (κ1) is 23.0. The highest BCUT2D eigenvalue weighted by molar-refractivity contribution is 7.99. The second-order valence-electron chi connectivity index (χ2n) is 7.74. The van der Waals surface area contributed by atoms with Crippen LogP contribution in [0, 0.1) is 20.8 Å². The number of aryl methyl sites for hydroxylation is 2. The SMILES string of the molecule is Cc1cc(C)nc(SCC(=O)N/N=C\c2c(C)n(Cc3ccc(Cl)cc3)c3ccccc23)n1. The lowest BCUT2D eigenvalue weighted by Crippen LogP contribution is -2.20. The van der Waals surface area contributed by atoms with Crippen LogP contribution < -0.4 is 5.43 Å². The summed E-state index contributed by atoms with van der Waals surface area (Å²) in [7, 11) is 0. The summed E-state index contributed by atoms with van der Waals surface area (Å²) in [5, 5.41) is 6.62. The Balaban J connectivity index is 1.48. The average molecular weight is 478 g/mol. The number of amides is 1. The predicted octanol–water partition coefficient (Wildman–Crippen LogP) is 5.30. The van der Waals surface area contributed by atoms with E-state index in [0.717, 1.165) is 50.7 Å². The van der Waals surface area contributed by atoms with Crippen LogP contribution in [0.2, 0.25) is 5.02 Å². The van der Waals surface area contributed by atoms with Crippen LogP contribution >= 0.6 is 23.4 Å². The average Bonchev–Trinajstić information content (AvgIpc) is 3.04. The van der Waals surface area contributed by atoms with Crippen LogP contribution in [0.3, 0.4) is 0 Å². The zero-order valence-electron chi connectivity index (χ0n) is 18.7. The van der Waals surface area contributed by atoms with E-state index in [9.17, 15) is 4.79 Å². The third kappa shape index (κ3) is 5.61. The molecule has 2 aromatic heterocycles. The molecule has 8 heteroatoms. The van der Waals surface area contributed by atoms with E-state index in [4.69, 9.17) is 11.6 Å². The molecule has 1 amide bonds.